The van der Waals surface area contributed by atoms with Crippen LogP contribution < -0.4 is 5.73 Å². The van der Waals surface area contributed by atoms with E-state index in [9.17, 15) is 9.90 Å². The fraction of sp³-hybridized carbons (Fsp3) is 0.300. The third-order valence-electron chi connectivity index (χ3n) is 4.40. The zero-order chi connectivity index (χ0) is 17.8. The molecular formula is C20H23N3O2. The van der Waals surface area contributed by atoms with Crippen LogP contribution in [0.2, 0.25) is 0 Å². The van der Waals surface area contributed by atoms with Gasteiger partial charge < -0.3 is 15.4 Å². The summed E-state index contributed by atoms with van der Waals surface area (Å²) in [5.74, 6) is -0.0624. The van der Waals surface area contributed by atoms with Crippen LogP contribution in [0.4, 0.5) is 0 Å². The van der Waals surface area contributed by atoms with Crippen molar-refractivity contribution in [2.45, 2.75) is 38.8 Å². The summed E-state index contributed by atoms with van der Waals surface area (Å²) in [6.45, 7) is 2.70. The molecule has 3 aromatic rings. The van der Waals surface area contributed by atoms with Crippen LogP contribution in [0.5, 0.6) is 0 Å². The van der Waals surface area contributed by atoms with Crippen molar-refractivity contribution in [3.63, 3.8) is 0 Å². The van der Waals surface area contributed by atoms with E-state index in [1.807, 2.05) is 30.3 Å². The van der Waals surface area contributed by atoms with Gasteiger partial charge in [-0.05, 0) is 36.2 Å². The number of nitrogens with zero attached hydrogens (tertiary/aromatic N) is 2. The van der Waals surface area contributed by atoms with Crippen LogP contribution in [0, 0.1) is 0 Å². The number of fused-ring (bicyclic) bond motifs is 1. The summed E-state index contributed by atoms with van der Waals surface area (Å²) in [5, 5.41) is 9.21. The molecule has 2 aromatic carbocycles. The molecule has 0 fully saturated rings. The highest BCUT2D eigenvalue weighted by Crippen LogP contribution is 2.24. The number of imidazole rings is 1. The fourth-order valence-electron chi connectivity index (χ4n) is 3.08. The van der Waals surface area contributed by atoms with Gasteiger partial charge in [0.1, 0.15) is 5.82 Å². The van der Waals surface area contributed by atoms with Crippen LogP contribution in [0.15, 0.2) is 48.5 Å². The molecule has 0 radical (unpaired) electrons. The van der Waals surface area contributed by atoms with E-state index in [1.54, 1.807) is 18.2 Å². The molecule has 1 heterocycles. The van der Waals surface area contributed by atoms with E-state index in [4.69, 9.17) is 10.7 Å². The number of rotatable bonds is 7. The van der Waals surface area contributed by atoms with E-state index in [1.165, 1.54) is 0 Å². The summed E-state index contributed by atoms with van der Waals surface area (Å²) in [6.07, 6.45) is 3.03. The standard InChI is InChI=1S/C20H23N3O2/c1-2-3-9-16(21)19-22-17-10-4-5-11-18(17)23(19)13-14-7-6-8-15(12-14)20(24)25/h4-8,10-12,16H,2-3,9,13,21H2,1H3,(H,24,25). The van der Waals surface area contributed by atoms with Crippen LogP contribution in [0.3, 0.4) is 0 Å². The van der Waals surface area contributed by atoms with Crippen molar-refractivity contribution in [1.29, 1.82) is 0 Å². The maximum atomic E-state index is 11.2. The van der Waals surface area contributed by atoms with Crippen molar-refractivity contribution >= 4 is 17.0 Å². The highest BCUT2D eigenvalue weighted by Gasteiger charge is 2.17. The van der Waals surface area contributed by atoms with Crippen molar-refractivity contribution in [3.05, 3.63) is 65.5 Å². The highest BCUT2D eigenvalue weighted by molar-refractivity contribution is 5.87. The number of hydrogen-bond acceptors (Lipinski definition) is 3. The Morgan fingerprint density at radius 2 is 2.04 bits per heavy atom. The van der Waals surface area contributed by atoms with E-state index in [0.29, 0.717) is 12.1 Å². The molecule has 0 amide bonds. The van der Waals surface area contributed by atoms with Gasteiger partial charge in [-0.15, -0.1) is 0 Å². The number of unbranched alkanes of at least 4 members (excludes halogenated alkanes) is 1. The lowest BCUT2D eigenvalue weighted by atomic mass is 10.1. The van der Waals surface area contributed by atoms with Gasteiger partial charge in [-0.25, -0.2) is 9.78 Å². The first kappa shape index (κ1) is 17.2. The molecule has 0 saturated heterocycles. The van der Waals surface area contributed by atoms with E-state index in [-0.39, 0.29) is 6.04 Å². The fourth-order valence-corrected chi connectivity index (χ4v) is 3.08. The minimum atomic E-state index is -0.919. The largest absolute Gasteiger partial charge is 0.478 e. The van der Waals surface area contributed by atoms with Crippen LogP contribution in [-0.4, -0.2) is 20.6 Å². The molecule has 1 aromatic heterocycles. The molecule has 1 unspecified atom stereocenters. The summed E-state index contributed by atoms with van der Waals surface area (Å²) in [5.41, 5.74) is 9.55. The van der Waals surface area contributed by atoms with Crippen LogP contribution >= 0.6 is 0 Å². The van der Waals surface area contributed by atoms with Crippen molar-refractivity contribution in [2.24, 2.45) is 5.73 Å². The predicted molar refractivity (Wildman–Crippen MR) is 98.7 cm³/mol. The predicted octanol–water partition coefficient (Wildman–Crippen LogP) is 3.97. The maximum Gasteiger partial charge on any atom is 0.335 e. The number of carboxylic acids is 1. The lowest BCUT2D eigenvalue weighted by Gasteiger charge is -2.15. The quantitative estimate of drug-likeness (QED) is 0.683. The Kier molecular flexibility index (Phi) is 5.14. The lowest BCUT2D eigenvalue weighted by Crippen LogP contribution is -2.17. The second-order valence-corrected chi connectivity index (χ2v) is 6.30. The molecule has 5 heteroatoms. The molecule has 0 aliphatic carbocycles. The minimum absolute atomic E-state index is 0.130. The molecule has 25 heavy (non-hydrogen) atoms. The number of para-hydroxylation sites is 2. The Morgan fingerprint density at radius 1 is 1.24 bits per heavy atom. The third kappa shape index (κ3) is 3.72. The number of carboxylic acid groups (broad SMARTS) is 1. The second kappa shape index (κ2) is 7.49. The van der Waals surface area contributed by atoms with Gasteiger partial charge in [0.15, 0.2) is 0 Å². The van der Waals surface area contributed by atoms with E-state index in [2.05, 4.69) is 11.5 Å². The normalized spacial score (nSPS) is 12.4. The Balaban J connectivity index is 2.01. The summed E-state index contributed by atoms with van der Waals surface area (Å²) < 4.78 is 2.11. The summed E-state index contributed by atoms with van der Waals surface area (Å²) in [6, 6.07) is 14.8. The van der Waals surface area contributed by atoms with Crippen molar-refractivity contribution in [2.75, 3.05) is 0 Å². The highest BCUT2D eigenvalue weighted by atomic mass is 16.4. The average molecular weight is 337 g/mol. The van der Waals surface area contributed by atoms with Gasteiger partial charge in [-0.3, -0.25) is 0 Å². The molecule has 0 aliphatic rings. The molecule has 130 valence electrons. The van der Waals surface area contributed by atoms with Crippen LogP contribution in [0.25, 0.3) is 11.0 Å². The van der Waals surface area contributed by atoms with Crippen molar-refractivity contribution in [1.82, 2.24) is 9.55 Å². The van der Waals surface area contributed by atoms with Crippen LogP contribution in [0.1, 0.15) is 54.0 Å². The summed E-state index contributed by atoms with van der Waals surface area (Å²) in [7, 11) is 0. The second-order valence-electron chi connectivity index (χ2n) is 6.30. The van der Waals surface area contributed by atoms with Gasteiger partial charge in [0.2, 0.25) is 0 Å². The van der Waals surface area contributed by atoms with Gasteiger partial charge in [-0.2, -0.15) is 0 Å². The number of hydrogen-bond donors (Lipinski definition) is 2. The van der Waals surface area contributed by atoms with E-state index in [0.717, 1.165) is 41.7 Å². The molecule has 3 rings (SSSR count). The third-order valence-corrected chi connectivity index (χ3v) is 4.40. The lowest BCUT2D eigenvalue weighted by molar-refractivity contribution is 0.0696. The minimum Gasteiger partial charge on any atom is -0.478 e. The number of benzene rings is 2. The number of nitrogens with two attached hydrogens (primary N) is 1. The topological polar surface area (TPSA) is 81.1 Å². The molecule has 0 spiro atoms. The van der Waals surface area contributed by atoms with E-state index >= 15 is 0 Å². The Labute approximate surface area is 147 Å². The molecule has 5 nitrogen and oxygen atoms in total. The molecule has 0 aliphatic heterocycles. The van der Waals surface area contributed by atoms with Crippen molar-refractivity contribution < 1.29 is 9.90 Å². The first-order chi connectivity index (χ1) is 12.1. The van der Waals surface area contributed by atoms with Gasteiger partial charge in [0, 0.05) is 6.54 Å². The zero-order valence-corrected chi connectivity index (χ0v) is 14.4. The maximum absolute atomic E-state index is 11.2. The molecule has 1 atom stereocenters. The van der Waals surface area contributed by atoms with Gasteiger partial charge in [0.05, 0.1) is 22.6 Å². The average Bonchev–Trinajstić information content (AvgIpc) is 2.98. The van der Waals surface area contributed by atoms with Gasteiger partial charge in [0.25, 0.3) is 0 Å². The first-order valence-electron chi connectivity index (χ1n) is 8.63. The Morgan fingerprint density at radius 3 is 2.80 bits per heavy atom. The number of aromatic nitrogens is 2. The van der Waals surface area contributed by atoms with Crippen molar-refractivity contribution in [3.8, 4) is 0 Å². The number of aromatic carboxylic acids is 1. The number of carbonyl (C=O) groups is 1. The zero-order valence-electron chi connectivity index (χ0n) is 14.4. The van der Waals surface area contributed by atoms with Crippen LogP contribution in [-0.2, 0) is 6.54 Å². The van der Waals surface area contributed by atoms with E-state index < -0.39 is 5.97 Å². The summed E-state index contributed by atoms with van der Waals surface area (Å²) >= 11 is 0. The monoisotopic (exact) mass is 337 g/mol. The molecule has 3 N–H and O–H groups in total. The van der Waals surface area contributed by atoms with Gasteiger partial charge >= 0.3 is 5.97 Å². The first-order valence-corrected chi connectivity index (χ1v) is 8.63. The molecule has 0 saturated carbocycles. The Hall–Kier alpha value is -2.66. The van der Waals surface area contributed by atoms with Gasteiger partial charge in [-0.1, -0.05) is 44.0 Å². The Bertz CT molecular complexity index is 886. The SMILES string of the molecule is CCCCC(N)c1nc2ccccc2n1Cc1cccc(C(=O)O)c1. The smallest absolute Gasteiger partial charge is 0.335 e. The summed E-state index contributed by atoms with van der Waals surface area (Å²) in [4.78, 5) is 16.0. The molecule has 0 bridgehead atoms. The molecular weight excluding hydrogens is 314 g/mol.